The summed E-state index contributed by atoms with van der Waals surface area (Å²) in [6, 6.07) is 7.72. The fourth-order valence-electron chi connectivity index (χ4n) is 1.77. The van der Waals surface area contributed by atoms with E-state index in [1.807, 2.05) is 31.2 Å². The predicted molar refractivity (Wildman–Crippen MR) is 73.8 cm³/mol. The number of thioether (sulfide) groups is 1. The average Bonchev–Trinajstić information content (AvgIpc) is 2.79. The van der Waals surface area contributed by atoms with Crippen LogP contribution in [-0.4, -0.2) is 15.0 Å². The molecule has 0 saturated carbocycles. The van der Waals surface area contributed by atoms with Gasteiger partial charge < -0.3 is 4.74 Å². The molecule has 98 valence electrons. The molecule has 0 aromatic heterocycles. The number of allylic oxidation sites excluding steroid dienone is 1. The SMILES string of the molecule is CCOc1ccc(C2CC=C(S(N)(=O)=O)S2)cc1. The first kappa shape index (κ1) is 13.5. The maximum Gasteiger partial charge on any atom is 0.243 e. The lowest BCUT2D eigenvalue weighted by molar-refractivity contribution is 0.340. The second-order valence-corrected chi connectivity index (χ2v) is 6.95. The van der Waals surface area contributed by atoms with Gasteiger partial charge >= 0.3 is 0 Å². The highest BCUT2D eigenvalue weighted by Gasteiger charge is 2.25. The van der Waals surface area contributed by atoms with Gasteiger partial charge in [-0.25, -0.2) is 13.6 Å². The van der Waals surface area contributed by atoms with Crippen molar-refractivity contribution in [3.8, 4) is 5.75 Å². The van der Waals surface area contributed by atoms with Gasteiger partial charge in [0.2, 0.25) is 10.0 Å². The molecule has 0 bridgehead atoms. The quantitative estimate of drug-likeness (QED) is 0.922. The Hall–Kier alpha value is -0.980. The Bertz CT molecular complexity index is 549. The molecule has 1 aliphatic heterocycles. The topological polar surface area (TPSA) is 69.4 Å². The Morgan fingerprint density at radius 2 is 2.06 bits per heavy atom. The van der Waals surface area contributed by atoms with Crippen molar-refractivity contribution in [2.45, 2.75) is 18.6 Å². The molecule has 4 nitrogen and oxygen atoms in total. The highest BCUT2D eigenvalue weighted by Crippen LogP contribution is 2.45. The zero-order chi connectivity index (χ0) is 13.2. The summed E-state index contributed by atoms with van der Waals surface area (Å²) in [7, 11) is -3.56. The molecule has 18 heavy (non-hydrogen) atoms. The Balaban J connectivity index is 2.07. The predicted octanol–water partition coefficient (Wildman–Crippen LogP) is 2.39. The molecule has 1 unspecified atom stereocenters. The van der Waals surface area contributed by atoms with Crippen molar-refractivity contribution in [3.05, 3.63) is 40.1 Å². The smallest absolute Gasteiger partial charge is 0.243 e. The summed E-state index contributed by atoms with van der Waals surface area (Å²) in [6.45, 7) is 2.57. The third-order valence-corrected chi connectivity index (χ3v) is 5.46. The van der Waals surface area contributed by atoms with Gasteiger partial charge in [0.15, 0.2) is 0 Å². The molecule has 6 heteroatoms. The minimum Gasteiger partial charge on any atom is -0.494 e. The first-order valence-electron chi connectivity index (χ1n) is 5.63. The molecule has 2 N–H and O–H groups in total. The van der Waals surface area contributed by atoms with Crippen LogP contribution in [0.25, 0.3) is 0 Å². The molecular formula is C12H15NO3S2. The van der Waals surface area contributed by atoms with E-state index in [1.165, 1.54) is 11.8 Å². The maximum absolute atomic E-state index is 11.2. The average molecular weight is 285 g/mol. The number of hydrogen-bond acceptors (Lipinski definition) is 4. The molecule has 1 aromatic carbocycles. The van der Waals surface area contributed by atoms with Gasteiger partial charge in [0.25, 0.3) is 0 Å². The van der Waals surface area contributed by atoms with E-state index in [1.54, 1.807) is 6.08 Å². The normalized spacial score (nSPS) is 19.7. The second-order valence-electron chi connectivity index (χ2n) is 3.91. The largest absolute Gasteiger partial charge is 0.494 e. The summed E-state index contributed by atoms with van der Waals surface area (Å²) < 4.78 is 28.1. The zero-order valence-electron chi connectivity index (χ0n) is 10.00. The molecule has 1 heterocycles. The van der Waals surface area contributed by atoms with E-state index >= 15 is 0 Å². The van der Waals surface area contributed by atoms with Crippen molar-refractivity contribution in [2.75, 3.05) is 6.61 Å². The van der Waals surface area contributed by atoms with Gasteiger partial charge in [-0.3, -0.25) is 0 Å². The lowest BCUT2D eigenvalue weighted by Gasteiger charge is -2.11. The number of ether oxygens (including phenoxy) is 1. The number of benzene rings is 1. The van der Waals surface area contributed by atoms with Crippen LogP contribution in [0, 0.1) is 0 Å². The molecule has 2 rings (SSSR count). The van der Waals surface area contributed by atoms with Crippen LogP contribution in [0.2, 0.25) is 0 Å². The first-order chi connectivity index (χ1) is 8.50. The summed E-state index contributed by atoms with van der Waals surface area (Å²) in [4.78, 5) is 0. The van der Waals surface area contributed by atoms with Gasteiger partial charge in [0.05, 0.1) is 6.61 Å². The third-order valence-electron chi connectivity index (χ3n) is 2.60. The Kier molecular flexibility index (Phi) is 3.99. The van der Waals surface area contributed by atoms with Crippen LogP contribution >= 0.6 is 11.8 Å². The van der Waals surface area contributed by atoms with Gasteiger partial charge in [0, 0.05) is 5.25 Å². The Labute approximate surface area is 111 Å². The van der Waals surface area contributed by atoms with E-state index in [0.717, 1.165) is 11.3 Å². The fraction of sp³-hybridized carbons (Fsp3) is 0.333. The van der Waals surface area contributed by atoms with Gasteiger partial charge in [0.1, 0.15) is 9.99 Å². The van der Waals surface area contributed by atoms with Gasteiger partial charge in [-0.15, -0.1) is 11.8 Å². The van der Waals surface area contributed by atoms with Crippen molar-refractivity contribution < 1.29 is 13.2 Å². The first-order valence-corrected chi connectivity index (χ1v) is 8.05. The van der Waals surface area contributed by atoms with Crippen LogP contribution in [0.1, 0.15) is 24.2 Å². The van der Waals surface area contributed by atoms with Crippen LogP contribution in [0.15, 0.2) is 34.6 Å². The lowest BCUT2D eigenvalue weighted by Crippen LogP contribution is -2.11. The summed E-state index contributed by atoms with van der Waals surface area (Å²) >= 11 is 1.30. The molecule has 0 fully saturated rings. The summed E-state index contributed by atoms with van der Waals surface area (Å²) in [6.07, 6.45) is 2.37. The van der Waals surface area contributed by atoms with Crippen LogP contribution in [0.3, 0.4) is 0 Å². The molecule has 1 aromatic rings. The molecular weight excluding hydrogens is 270 g/mol. The minimum absolute atomic E-state index is 0.119. The monoisotopic (exact) mass is 285 g/mol. The van der Waals surface area contributed by atoms with E-state index in [0.29, 0.717) is 13.0 Å². The van der Waals surface area contributed by atoms with Crippen LogP contribution in [-0.2, 0) is 10.0 Å². The maximum atomic E-state index is 11.2. The minimum atomic E-state index is -3.56. The van der Waals surface area contributed by atoms with Gasteiger partial charge in [-0.05, 0) is 31.0 Å². The zero-order valence-corrected chi connectivity index (χ0v) is 11.6. The lowest BCUT2D eigenvalue weighted by atomic mass is 10.1. The fourth-order valence-corrected chi connectivity index (χ4v) is 3.94. The van der Waals surface area contributed by atoms with Crippen molar-refractivity contribution in [1.29, 1.82) is 0 Å². The Morgan fingerprint density at radius 1 is 1.39 bits per heavy atom. The van der Waals surface area contributed by atoms with Crippen molar-refractivity contribution in [2.24, 2.45) is 5.14 Å². The number of nitrogens with two attached hydrogens (primary N) is 1. The van der Waals surface area contributed by atoms with Crippen LogP contribution in [0.5, 0.6) is 5.75 Å². The van der Waals surface area contributed by atoms with E-state index < -0.39 is 10.0 Å². The summed E-state index contributed by atoms with van der Waals surface area (Å²) in [5.41, 5.74) is 1.08. The highest BCUT2D eigenvalue weighted by atomic mass is 32.3. The van der Waals surface area contributed by atoms with Crippen molar-refractivity contribution >= 4 is 21.8 Å². The van der Waals surface area contributed by atoms with Crippen LogP contribution in [0.4, 0.5) is 0 Å². The third kappa shape index (κ3) is 3.07. The van der Waals surface area contributed by atoms with E-state index in [4.69, 9.17) is 9.88 Å². The number of rotatable bonds is 4. The molecule has 1 atom stereocenters. The van der Waals surface area contributed by atoms with Crippen molar-refractivity contribution in [1.82, 2.24) is 0 Å². The Morgan fingerprint density at radius 3 is 2.56 bits per heavy atom. The molecule has 0 radical (unpaired) electrons. The number of sulfonamides is 1. The number of hydrogen-bond donors (Lipinski definition) is 1. The molecule has 0 saturated heterocycles. The van der Waals surface area contributed by atoms with Crippen molar-refractivity contribution in [3.63, 3.8) is 0 Å². The molecule has 0 amide bonds. The van der Waals surface area contributed by atoms with E-state index in [-0.39, 0.29) is 9.49 Å². The van der Waals surface area contributed by atoms with Gasteiger partial charge in [-0.2, -0.15) is 0 Å². The second kappa shape index (κ2) is 5.34. The molecule has 0 aliphatic carbocycles. The van der Waals surface area contributed by atoms with Gasteiger partial charge in [-0.1, -0.05) is 18.2 Å². The van der Waals surface area contributed by atoms with E-state index in [9.17, 15) is 8.42 Å². The van der Waals surface area contributed by atoms with E-state index in [2.05, 4.69) is 0 Å². The number of primary sulfonamides is 1. The standard InChI is InChI=1S/C12H15NO3S2/c1-2-16-10-5-3-9(4-6-10)11-7-8-12(17-11)18(13,14)15/h3-6,8,11H,2,7H2,1H3,(H2,13,14,15). The molecule has 0 spiro atoms. The molecule has 1 aliphatic rings. The summed E-state index contributed by atoms with van der Waals surface area (Å²) in [5, 5.41) is 5.23. The summed E-state index contributed by atoms with van der Waals surface area (Å²) in [5.74, 6) is 0.823. The van der Waals surface area contributed by atoms with Crippen LogP contribution < -0.4 is 9.88 Å². The highest BCUT2D eigenvalue weighted by molar-refractivity contribution is 8.18.